The molecule has 0 saturated carbocycles. The van der Waals surface area contributed by atoms with E-state index in [0.29, 0.717) is 0 Å². The number of unbranched alkanes of at least 4 members (excludes halogenated alkanes) is 1. The Morgan fingerprint density at radius 2 is 2.33 bits per heavy atom. The van der Waals surface area contributed by atoms with Gasteiger partial charge in [-0.2, -0.15) is 0 Å². The molecule has 4 heteroatoms. The van der Waals surface area contributed by atoms with E-state index in [2.05, 4.69) is 17.6 Å². The summed E-state index contributed by atoms with van der Waals surface area (Å²) in [6.07, 6.45) is 2.40. The van der Waals surface area contributed by atoms with Crippen molar-refractivity contribution in [3.8, 4) is 0 Å². The molecule has 0 aliphatic carbocycles. The zero-order valence-corrected chi connectivity index (χ0v) is 10.1. The highest BCUT2D eigenvalue weighted by atomic mass is 32.1. The molecule has 1 rings (SSSR count). The number of carbonyl (C=O) groups excluding carboxylic acids is 1. The maximum atomic E-state index is 10.9. The number of thiophene rings is 1. The second-order valence-corrected chi connectivity index (χ2v) is 4.47. The van der Waals surface area contributed by atoms with Crippen LogP contribution >= 0.6 is 11.3 Å². The first-order valence-corrected chi connectivity index (χ1v) is 6.16. The molecule has 0 atom stereocenters. The number of hydrogen-bond donors (Lipinski definition) is 2. The van der Waals surface area contributed by atoms with Crippen LogP contribution in [0.25, 0.3) is 0 Å². The first-order chi connectivity index (χ1) is 7.24. The third-order valence-electron chi connectivity index (χ3n) is 2.05. The lowest BCUT2D eigenvalue weighted by Gasteiger charge is -2.05. The van der Waals surface area contributed by atoms with Crippen molar-refractivity contribution in [2.75, 3.05) is 11.9 Å². The fraction of sp³-hybridized carbons (Fsp3) is 0.545. The van der Waals surface area contributed by atoms with E-state index in [0.717, 1.165) is 18.8 Å². The first kappa shape index (κ1) is 12.2. The molecule has 1 heterocycles. The van der Waals surface area contributed by atoms with Gasteiger partial charge in [-0.05, 0) is 24.4 Å². The zero-order chi connectivity index (χ0) is 11.1. The molecule has 0 aliphatic rings. The van der Waals surface area contributed by atoms with Crippen molar-refractivity contribution in [3.05, 3.63) is 16.3 Å². The number of amides is 1. The molecule has 84 valence electrons. The summed E-state index contributed by atoms with van der Waals surface area (Å²) < 4.78 is 0. The Labute approximate surface area is 94.9 Å². The Balaban J connectivity index is 2.39. The molecule has 0 fully saturated rings. The van der Waals surface area contributed by atoms with Crippen LogP contribution in [0.15, 0.2) is 11.4 Å². The van der Waals surface area contributed by atoms with Crippen LogP contribution in [0.2, 0.25) is 0 Å². The van der Waals surface area contributed by atoms with Crippen LogP contribution in [0.3, 0.4) is 0 Å². The van der Waals surface area contributed by atoms with Crippen LogP contribution in [0.5, 0.6) is 0 Å². The van der Waals surface area contributed by atoms with Gasteiger partial charge in [0.15, 0.2) is 0 Å². The summed E-state index contributed by atoms with van der Waals surface area (Å²) in [5.41, 5.74) is 0.941. The van der Waals surface area contributed by atoms with Crippen LogP contribution in [-0.4, -0.2) is 12.5 Å². The molecule has 0 spiro atoms. The highest BCUT2D eigenvalue weighted by Gasteiger charge is 2.04. The fourth-order valence-corrected chi connectivity index (χ4v) is 2.08. The minimum atomic E-state index is -0.0109. The van der Waals surface area contributed by atoms with Gasteiger partial charge < -0.3 is 10.6 Å². The highest BCUT2D eigenvalue weighted by molar-refractivity contribution is 7.10. The molecule has 0 unspecified atom stereocenters. The summed E-state index contributed by atoms with van der Waals surface area (Å²) in [5, 5.41) is 8.19. The maximum absolute atomic E-state index is 10.9. The van der Waals surface area contributed by atoms with Crippen LogP contribution in [-0.2, 0) is 11.3 Å². The summed E-state index contributed by atoms with van der Waals surface area (Å²) in [4.78, 5) is 12.1. The molecule has 0 bridgehead atoms. The van der Waals surface area contributed by atoms with E-state index in [4.69, 9.17) is 0 Å². The predicted molar refractivity (Wildman–Crippen MR) is 65.2 cm³/mol. The normalized spacial score (nSPS) is 10.3. The molecule has 15 heavy (non-hydrogen) atoms. The molecular formula is C11H18N2OS. The van der Waals surface area contributed by atoms with Gasteiger partial charge in [0, 0.05) is 18.3 Å². The molecule has 1 amide bonds. The van der Waals surface area contributed by atoms with E-state index in [-0.39, 0.29) is 5.91 Å². The number of carbonyl (C=O) groups is 1. The van der Waals surface area contributed by atoms with Gasteiger partial charge in [-0.3, -0.25) is 4.79 Å². The monoisotopic (exact) mass is 226 g/mol. The van der Waals surface area contributed by atoms with E-state index in [1.165, 1.54) is 24.6 Å². The number of rotatable bonds is 6. The molecule has 0 saturated heterocycles. The minimum Gasteiger partial charge on any atom is -0.325 e. The van der Waals surface area contributed by atoms with Crippen molar-refractivity contribution in [2.45, 2.75) is 33.2 Å². The van der Waals surface area contributed by atoms with Crippen LogP contribution in [0.1, 0.15) is 31.6 Å². The average molecular weight is 226 g/mol. The van der Waals surface area contributed by atoms with Gasteiger partial charge in [0.25, 0.3) is 0 Å². The van der Waals surface area contributed by atoms with Crippen LogP contribution in [0, 0.1) is 0 Å². The van der Waals surface area contributed by atoms with Crippen molar-refractivity contribution in [1.29, 1.82) is 0 Å². The quantitative estimate of drug-likeness (QED) is 0.732. The highest BCUT2D eigenvalue weighted by Crippen LogP contribution is 2.21. The van der Waals surface area contributed by atoms with Gasteiger partial charge in [0.1, 0.15) is 0 Å². The van der Waals surface area contributed by atoms with Crippen molar-refractivity contribution in [2.24, 2.45) is 0 Å². The summed E-state index contributed by atoms with van der Waals surface area (Å²) in [5.74, 6) is -0.0109. The molecule has 0 radical (unpaired) electrons. The van der Waals surface area contributed by atoms with Crippen molar-refractivity contribution in [3.63, 3.8) is 0 Å². The van der Waals surface area contributed by atoms with Gasteiger partial charge in [-0.25, -0.2) is 0 Å². The maximum Gasteiger partial charge on any atom is 0.221 e. The van der Waals surface area contributed by atoms with Crippen molar-refractivity contribution < 1.29 is 4.79 Å². The Morgan fingerprint density at radius 1 is 1.53 bits per heavy atom. The lowest BCUT2D eigenvalue weighted by molar-refractivity contribution is -0.114. The molecule has 0 aromatic carbocycles. The van der Waals surface area contributed by atoms with Crippen LogP contribution in [0.4, 0.5) is 5.69 Å². The number of anilines is 1. The third-order valence-corrected chi connectivity index (χ3v) is 2.97. The third kappa shape index (κ3) is 4.44. The second-order valence-electron chi connectivity index (χ2n) is 3.47. The standard InChI is InChI=1S/C11H18N2OS/c1-3-4-6-12-8-11-10(5-7-15-11)13-9(2)14/h5,7,12H,3-4,6,8H2,1-2H3,(H,13,14). The smallest absolute Gasteiger partial charge is 0.221 e. The van der Waals surface area contributed by atoms with Gasteiger partial charge >= 0.3 is 0 Å². The van der Waals surface area contributed by atoms with Gasteiger partial charge in [0.05, 0.1) is 5.69 Å². The van der Waals surface area contributed by atoms with Gasteiger partial charge in [-0.1, -0.05) is 13.3 Å². The van der Waals surface area contributed by atoms with E-state index in [9.17, 15) is 4.79 Å². The SMILES string of the molecule is CCCCNCc1sccc1NC(C)=O. The predicted octanol–water partition coefficient (Wildman–Crippen LogP) is 2.60. The Kier molecular flexibility index (Phi) is 5.36. The molecule has 1 aromatic rings. The Hall–Kier alpha value is -0.870. The summed E-state index contributed by atoms with van der Waals surface area (Å²) in [7, 11) is 0. The largest absolute Gasteiger partial charge is 0.325 e. The molecule has 1 aromatic heterocycles. The summed E-state index contributed by atoms with van der Waals surface area (Å²) in [6.45, 7) is 5.59. The Morgan fingerprint density at radius 3 is 3.00 bits per heavy atom. The lowest BCUT2D eigenvalue weighted by Crippen LogP contribution is -2.15. The van der Waals surface area contributed by atoms with E-state index >= 15 is 0 Å². The molecule has 3 nitrogen and oxygen atoms in total. The molecular weight excluding hydrogens is 208 g/mol. The lowest BCUT2D eigenvalue weighted by atomic mass is 10.3. The molecule has 0 aliphatic heterocycles. The van der Waals surface area contributed by atoms with Gasteiger partial charge in [0.2, 0.25) is 5.91 Å². The summed E-state index contributed by atoms with van der Waals surface area (Å²) >= 11 is 1.67. The minimum absolute atomic E-state index is 0.0109. The van der Waals surface area contributed by atoms with E-state index in [1.54, 1.807) is 11.3 Å². The van der Waals surface area contributed by atoms with Crippen molar-refractivity contribution in [1.82, 2.24) is 5.32 Å². The van der Waals surface area contributed by atoms with E-state index < -0.39 is 0 Å². The molecule has 2 N–H and O–H groups in total. The topological polar surface area (TPSA) is 41.1 Å². The van der Waals surface area contributed by atoms with Crippen LogP contribution < -0.4 is 10.6 Å². The zero-order valence-electron chi connectivity index (χ0n) is 9.30. The number of nitrogens with one attached hydrogen (secondary N) is 2. The van der Waals surface area contributed by atoms with E-state index in [1.807, 2.05) is 11.4 Å². The van der Waals surface area contributed by atoms with Crippen molar-refractivity contribution >= 4 is 22.9 Å². The fourth-order valence-electron chi connectivity index (χ4n) is 1.28. The number of hydrogen-bond acceptors (Lipinski definition) is 3. The first-order valence-electron chi connectivity index (χ1n) is 5.28. The average Bonchev–Trinajstić information content (AvgIpc) is 2.59. The van der Waals surface area contributed by atoms with Gasteiger partial charge in [-0.15, -0.1) is 11.3 Å². The Bertz CT molecular complexity index is 309. The second kappa shape index (κ2) is 6.58. The summed E-state index contributed by atoms with van der Waals surface area (Å²) in [6, 6.07) is 1.95.